The molecule has 7 nitrogen and oxygen atoms in total. The fraction of sp³-hybridized carbons (Fsp3) is 0.316. The Hall–Kier alpha value is -3.16. The predicted molar refractivity (Wildman–Crippen MR) is 101 cm³/mol. The number of rotatable bonds is 5. The highest BCUT2D eigenvalue weighted by Gasteiger charge is 2.21. The zero-order valence-corrected chi connectivity index (χ0v) is 15.7. The average Bonchev–Trinajstić information content (AvgIpc) is 2.56. The predicted octanol–water partition coefficient (Wildman–Crippen LogP) is 3.82. The molecule has 2 rings (SSSR count). The molecule has 0 aliphatic rings. The van der Waals surface area contributed by atoms with Crippen LogP contribution in [-0.4, -0.2) is 28.6 Å². The van der Waals surface area contributed by atoms with Gasteiger partial charge < -0.3 is 20.7 Å². The van der Waals surface area contributed by atoms with E-state index >= 15 is 0 Å². The minimum absolute atomic E-state index is 0.339. The van der Waals surface area contributed by atoms with Gasteiger partial charge in [-0.2, -0.15) is 0 Å². The summed E-state index contributed by atoms with van der Waals surface area (Å²) in [7, 11) is 0. The molecule has 1 heterocycles. The van der Waals surface area contributed by atoms with E-state index in [1.54, 1.807) is 45.2 Å². The number of alkyl carbamates (subject to hydrolysis) is 1. The summed E-state index contributed by atoms with van der Waals surface area (Å²) in [6, 6.07) is 8.29. The normalized spacial score (nSPS) is 12.0. The second kappa shape index (κ2) is 8.48. The highest BCUT2D eigenvalue weighted by atomic mass is 19.1. The Balaban J connectivity index is 2.07. The van der Waals surface area contributed by atoms with Crippen molar-refractivity contribution in [1.29, 1.82) is 0 Å². The summed E-state index contributed by atoms with van der Waals surface area (Å²) in [5.74, 6) is -0.443. The number of halogens is 1. The van der Waals surface area contributed by atoms with Crippen molar-refractivity contribution in [3.63, 3.8) is 0 Å². The first-order valence-electron chi connectivity index (χ1n) is 8.42. The summed E-state index contributed by atoms with van der Waals surface area (Å²) in [4.78, 5) is 28.3. The van der Waals surface area contributed by atoms with E-state index in [9.17, 15) is 14.0 Å². The Kier molecular flexibility index (Phi) is 6.33. The quantitative estimate of drug-likeness (QED) is 0.740. The van der Waals surface area contributed by atoms with Crippen molar-refractivity contribution in [2.45, 2.75) is 39.3 Å². The van der Waals surface area contributed by atoms with E-state index in [1.165, 1.54) is 25.1 Å². The molecule has 144 valence electrons. The van der Waals surface area contributed by atoms with Crippen molar-refractivity contribution in [3.8, 4) is 0 Å². The van der Waals surface area contributed by atoms with Crippen LogP contribution in [-0.2, 0) is 9.53 Å². The van der Waals surface area contributed by atoms with Crippen LogP contribution < -0.4 is 16.0 Å². The van der Waals surface area contributed by atoms with Gasteiger partial charge in [-0.15, -0.1) is 0 Å². The number of anilines is 3. The molecule has 3 N–H and O–H groups in total. The topological polar surface area (TPSA) is 92.3 Å². The maximum absolute atomic E-state index is 13.6. The van der Waals surface area contributed by atoms with Gasteiger partial charge in [0.25, 0.3) is 0 Å². The van der Waals surface area contributed by atoms with Gasteiger partial charge in [-0.3, -0.25) is 4.79 Å². The van der Waals surface area contributed by atoms with Crippen molar-refractivity contribution in [2.24, 2.45) is 0 Å². The first kappa shape index (κ1) is 20.2. The number of carbonyl (C=O) groups is 2. The third-order valence-electron chi connectivity index (χ3n) is 3.29. The van der Waals surface area contributed by atoms with E-state index in [1.807, 2.05) is 0 Å². The van der Waals surface area contributed by atoms with E-state index < -0.39 is 29.5 Å². The highest BCUT2D eigenvalue weighted by molar-refractivity contribution is 5.99. The highest BCUT2D eigenvalue weighted by Crippen LogP contribution is 2.26. The molecule has 0 saturated heterocycles. The van der Waals surface area contributed by atoms with Crippen LogP contribution in [0.5, 0.6) is 0 Å². The molecular weight excluding hydrogens is 351 g/mol. The fourth-order valence-electron chi connectivity index (χ4n) is 2.09. The second-order valence-corrected chi connectivity index (χ2v) is 6.89. The lowest BCUT2D eigenvalue weighted by molar-refractivity contribution is -0.117. The zero-order valence-electron chi connectivity index (χ0n) is 15.7. The number of aromatic nitrogens is 1. The zero-order chi connectivity index (χ0) is 20.0. The van der Waals surface area contributed by atoms with E-state index in [0.717, 1.165) is 0 Å². The Morgan fingerprint density at radius 1 is 1.15 bits per heavy atom. The molecule has 0 aliphatic carbocycles. The monoisotopic (exact) mass is 374 g/mol. The molecule has 0 bridgehead atoms. The second-order valence-electron chi connectivity index (χ2n) is 6.89. The van der Waals surface area contributed by atoms with E-state index in [2.05, 4.69) is 20.9 Å². The summed E-state index contributed by atoms with van der Waals surface area (Å²) >= 11 is 0. The molecule has 0 unspecified atom stereocenters. The number of ether oxygens (including phenoxy) is 1. The molecule has 0 aliphatic heterocycles. The molecular formula is C19H23FN4O3. The first-order chi connectivity index (χ1) is 12.6. The molecule has 1 aromatic heterocycles. The smallest absolute Gasteiger partial charge is 0.408 e. The van der Waals surface area contributed by atoms with Gasteiger partial charge in [0, 0.05) is 6.20 Å². The summed E-state index contributed by atoms with van der Waals surface area (Å²) in [6.07, 6.45) is 0.892. The van der Waals surface area contributed by atoms with Crippen LogP contribution in [0.25, 0.3) is 0 Å². The minimum Gasteiger partial charge on any atom is -0.444 e. The number of nitrogens with zero attached hydrogens (tertiary/aromatic N) is 1. The van der Waals surface area contributed by atoms with Gasteiger partial charge in [0.05, 0.1) is 11.4 Å². The van der Waals surface area contributed by atoms with Crippen LogP contribution in [0, 0.1) is 5.82 Å². The standard InChI is InChI=1S/C19H23FN4O3/c1-12(22-18(26)27-19(2,3)4)17(25)24-14-9-8-13(20)11-15(14)23-16-7-5-6-10-21-16/h5-12H,1-4H3,(H,21,23)(H,22,26)(H,24,25)/t12-/m0/s1. The summed E-state index contributed by atoms with van der Waals surface area (Å²) in [5, 5.41) is 8.07. The molecule has 2 aromatic rings. The Bertz CT molecular complexity index is 806. The maximum atomic E-state index is 13.6. The van der Waals surface area contributed by atoms with Gasteiger partial charge in [0.15, 0.2) is 0 Å². The molecule has 0 spiro atoms. The first-order valence-corrected chi connectivity index (χ1v) is 8.42. The van der Waals surface area contributed by atoms with Crippen LogP contribution in [0.3, 0.4) is 0 Å². The number of hydrogen-bond acceptors (Lipinski definition) is 5. The SMILES string of the molecule is C[C@H](NC(=O)OC(C)(C)C)C(=O)Nc1ccc(F)cc1Nc1ccccn1. The number of carbonyl (C=O) groups excluding carboxylic acids is 2. The molecule has 0 saturated carbocycles. The number of nitrogens with one attached hydrogen (secondary N) is 3. The number of amides is 2. The molecule has 27 heavy (non-hydrogen) atoms. The fourth-order valence-corrected chi connectivity index (χ4v) is 2.09. The number of benzene rings is 1. The van der Waals surface area contributed by atoms with Gasteiger partial charge in [-0.1, -0.05) is 6.07 Å². The van der Waals surface area contributed by atoms with Crippen LogP contribution in [0.4, 0.5) is 26.4 Å². The van der Waals surface area contributed by atoms with Crippen LogP contribution in [0.1, 0.15) is 27.7 Å². The summed E-state index contributed by atoms with van der Waals surface area (Å²) < 4.78 is 18.8. The molecule has 8 heteroatoms. The van der Waals surface area contributed by atoms with Crippen molar-refractivity contribution in [2.75, 3.05) is 10.6 Å². The van der Waals surface area contributed by atoms with Gasteiger partial charge in [0.2, 0.25) is 5.91 Å². The molecule has 2 amide bonds. The lowest BCUT2D eigenvalue weighted by Gasteiger charge is -2.22. The van der Waals surface area contributed by atoms with Crippen molar-refractivity contribution < 1.29 is 18.7 Å². The van der Waals surface area contributed by atoms with E-state index in [0.29, 0.717) is 17.2 Å². The lowest BCUT2D eigenvalue weighted by atomic mass is 10.2. The van der Waals surface area contributed by atoms with Crippen LogP contribution in [0.2, 0.25) is 0 Å². The van der Waals surface area contributed by atoms with Gasteiger partial charge in [-0.25, -0.2) is 14.2 Å². The van der Waals surface area contributed by atoms with Crippen LogP contribution in [0.15, 0.2) is 42.6 Å². The van der Waals surface area contributed by atoms with Crippen molar-refractivity contribution >= 4 is 29.2 Å². The van der Waals surface area contributed by atoms with Gasteiger partial charge >= 0.3 is 6.09 Å². The third kappa shape index (κ3) is 6.58. The van der Waals surface area contributed by atoms with Gasteiger partial charge in [0.1, 0.15) is 23.3 Å². The third-order valence-corrected chi connectivity index (χ3v) is 3.29. The van der Waals surface area contributed by atoms with Crippen molar-refractivity contribution in [1.82, 2.24) is 10.3 Å². The molecule has 1 aromatic carbocycles. The lowest BCUT2D eigenvalue weighted by Crippen LogP contribution is -2.44. The Morgan fingerprint density at radius 2 is 1.89 bits per heavy atom. The Morgan fingerprint density at radius 3 is 2.52 bits per heavy atom. The molecule has 1 atom stereocenters. The Labute approximate surface area is 157 Å². The number of hydrogen-bond donors (Lipinski definition) is 3. The van der Waals surface area contributed by atoms with E-state index in [4.69, 9.17) is 4.74 Å². The minimum atomic E-state index is -0.854. The van der Waals surface area contributed by atoms with Crippen LogP contribution >= 0.6 is 0 Å². The molecule has 0 fully saturated rings. The van der Waals surface area contributed by atoms with E-state index in [-0.39, 0.29) is 0 Å². The summed E-state index contributed by atoms with van der Waals surface area (Å²) in [6.45, 7) is 6.71. The summed E-state index contributed by atoms with van der Waals surface area (Å²) in [5.41, 5.74) is 0.0215. The molecule has 0 radical (unpaired) electrons. The maximum Gasteiger partial charge on any atom is 0.408 e. The number of pyridine rings is 1. The van der Waals surface area contributed by atoms with Gasteiger partial charge in [-0.05, 0) is 58.0 Å². The average molecular weight is 374 g/mol. The van der Waals surface area contributed by atoms with Crippen molar-refractivity contribution in [3.05, 3.63) is 48.4 Å². The largest absolute Gasteiger partial charge is 0.444 e.